The predicted octanol–water partition coefficient (Wildman–Crippen LogP) is 2.02. The first-order valence-corrected chi connectivity index (χ1v) is 9.44. The number of hydrogen-bond acceptors (Lipinski definition) is 6. The van der Waals surface area contributed by atoms with Crippen LogP contribution in [0.2, 0.25) is 0 Å². The number of benzene rings is 1. The van der Waals surface area contributed by atoms with E-state index >= 15 is 0 Å². The summed E-state index contributed by atoms with van der Waals surface area (Å²) in [6.45, 7) is 4.62. The summed E-state index contributed by atoms with van der Waals surface area (Å²) < 4.78 is 13.2. The quantitative estimate of drug-likeness (QED) is 0.495. The third kappa shape index (κ3) is 3.78. The molecule has 0 bridgehead atoms. The third-order valence-corrected chi connectivity index (χ3v) is 5.17. The topological polar surface area (TPSA) is 101 Å². The summed E-state index contributed by atoms with van der Waals surface area (Å²) in [7, 11) is 1.55. The molecule has 0 spiro atoms. The molecule has 3 N–H and O–H groups in total. The van der Waals surface area contributed by atoms with Crippen LogP contribution in [0, 0.1) is 5.92 Å². The van der Waals surface area contributed by atoms with Gasteiger partial charge in [-0.1, -0.05) is 13.8 Å². The van der Waals surface area contributed by atoms with Crippen LogP contribution < -0.4 is 14.9 Å². The molecule has 1 aliphatic rings. The van der Waals surface area contributed by atoms with Crippen LogP contribution in [0.4, 0.5) is 0 Å². The van der Waals surface area contributed by atoms with Crippen molar-refractivity contribution in [2.24, 2.45) is 5.92 Å². The Morgan fingerprint density at radius 2 is 1.96 bits per heavy atom. The monoisotopic (exact) mass is 389 g/mol. The lowest BCUT2D eigenvalue weighted by Gasteiger charge is -2.34. The lowest BCUT2D eigenvalue weighted by molar-refractivity contribution is -0.0438. The van der Waals surface area contributed by atoms with Crippen LogP contribution in [0.5, 0.6) is 11.5 Å². The Hall–Kier alpha value is -2.35. The number of rotatable bonds is 7. The second-order valence-corrected chi connectivity index (χ2v) is 7.36. The Morgan fingerprint density at radius 1 is 1.21 bits per heavy atom. The predicted molar refractivity (Wildman–Crippen MR) is 105 cm³/mol. The maximum Gasteiger partial charge on any atom is 0.190 e. The van der Waals surface area contributed by atoms with E-state index in [0.717, 1.165) is 16.8 Å². The van der Waals surface area contributed by atoms with Gasteiger partial charge in [-0.2, -0.15) is 0 Å². The molecule has 0 amide bonds. The second-order valence-electron chi connectivity index (χ2n) is 7.36. The molecule has 7 heteroatoms. The summed E-state index contributed by atoms with van der Waals surface area (Å²) in [6.07, 6.45) is 0.980. The van der Waals surface area contributed by atoms with Gasteiger partial charge in [0.05, 0.1) is 25.0 Å². The van der Waals surface area contributed by atoms with Gasteiger partial charge in [0.1, 0.15) is 0 Å². The molecule has 0 fully saturated rings. The van der Waals surface area contributed by atoms with E-state index in [0.29, 0.717) is 30.9 Å². The van der Waals surface area contributed by atoms with Crippen molar-refractivity contribution in [3.05, 3.63) is 45.7 Å². The highest BCUT2D eigenvalue weighted by molar-refractivity contribution is 5.71. The number of aliphatic hydroxyl groups excluding tert-OH is 2. The van der Waals surface area contributed by atoms with E-state index in [9.17, 15) is 15.0 Å². The van der Waals surface area contributed by atoms with Crippen LogP contribution in [0.3, 0.4) is 0 Å². The number of ether oxygens (including phenoxy) is 2. The molecule has 7 nitrogen and oxygen atoms in total. The Kier molecular flexibility index (Phi) is 6.07. The van der Waals surface area contributed by atoms with Crippen LogP contribution in [0.25, 0.3) is 11.3 Å². The average Bonchev–Trinajstić information content (AvgIpc) is 2.66. The summed E-state index contributed by atoms with van der Waals surface area (Å²) >= 11 is 0. The zero-order valence-corrected chi connectivity index (χ0v) is 16.4. The fourth-order valence-electron chi connectivity index (χ4n) is 3.66. The van der Waals surface area contributed by atoms with Gasteiger partial charge in [-0.05, 0) is 30.0 Å². The number of hydrogen-bond donors (Lipinski definition) is 3. The minimum Gasteiger partial charge on any atom is -0.493 e. The van der Waals surface area contributed by atoms with Gasteiger partial charge in [0.15, 0.2) is 23.2 Å². The summed E-state index contributed by atoms with van der Waals surface area (Å²) in [6, 6.07) is 5.29. The van der Waals surface area contributed by atoms with Crippen molar-refractivity contribution in [3.8, 4) is 22.8 Å². The fourth-order valence-corrected chi connectivity index (χ4v) is 3.66. The van der Waals surface area contributed by atoms with E-state index in [-0.39, 0.29) is 24.1 Å². The second kappa shape index (κ2) is 8.34. The van der Waals surface area contributed by atoms with Crippen LogP contribution >= 0.6 is 0 Å². The number of pyridine rings is 1. The molecule has 0 radical (unpaired) electrons. The van der Waals surface area contributed by atoms with Gasteiger partial charge >= 0.3 is 0 Å². The molecule has 1 atom stereocenters. The van der Waals surface area contributed by atoms with E-state index < -0.39 is 11.7 Å². The molecule has 1 aromatic carbocycles. The molecular formula is C21H27NO6. The molecule has 28 heavy (non-hydrogen) atoms. The summed E-state index contributed by atoms with van der Waals surface area (Å²) in [5.41, 5.74) is 2.16. The van der Waals surface area contributed by atoms with Crippen molar-refractivity contribution in [1.82, 2.24) is 4.57 Å². The van der Waals surface area contributed by atoms with Gasteiger partial charge < -0.3 is 29.4 Å². The summed E-state index contributed by atoms with van der Waals surface area (Å²) in [5, 5.41) is 28.0. The Balaban J connectivity index is 2.16. The number of aromatic nitrogens is 1. The summed E-state index contributed by atoms with van der Waals surface area (Å²) in [5.74, 6) is 1.42. The molecule has 3 rings (SSSR count). The number of nitrogens with zero attached hydrogens (tertiary/aromatic N) is 1. The molecule has 2 aromatic rings. The highest BCUT2D eigenvalue weighted by Crippen LogP contribution is 2.42. The first-order valence-electron chi connectivity index (χ1n) is 9.44. The minimum atomic E-state index is -1.81. The Labute approximate surface area is 163 Å². The van der Waals surface area contributed by atoms with E-state index in [2.05, 4.69) is 13.8 Å². The third-order valence-electron chi connectivity index (χ3n) is 5.17. The lowest BCUT2D eigenvalue weighted by atomic mass is 9.87. The van der Waals surface area contributed by atoms with Gasteiger partial charge in [-0.25, -0.2) is 0 Å². The van der Waals surface area contributed by atoms with Crippen molar-refractivity contribution in [3.63, 3.8) is 0 Å². The van der Waals surface area contributed by atoms with Crippen molar-refractivity contribution in [2.75, 3.05) is 20.3 Å². The maximum absolute atomic E-state index is 12.4. The lowest BCUT2D eigenvalue weighted by Crippen LogP contribution is -2.27. The Morgan fingerprint density at radius 3 is 2.57 bits per heavy atom. The molecular weight excluding hydrogens is 362 g/mol. The molecule has 1 unspecified atom stereocenters. The molecule has 0 saturated carbocycles. The molecule has 1 aromatic heterocycles. The van der Waals surface area contributed by atoms with Crippen LogP contribution in [-0.2, 0) is 6.42 Å². The van der Waals surface area contributed by atoms with Crippen molar-refractivity contribution < 1.29 is 24.8 Å². The van der Waals surface area contributed by atoms with Crippen molar-refractivity contribution in [2.45, 2.75) is 39.0 Å². The number of aliphatic hydroxyl groups is 3. The van der Waals surface area contributed by atoms with Crippen molar-refractivity contribution >= 4 is 0 Å². The number of methoxy groups -OCH3 is 1. The van der Waals surface area contributed by atoms with E-state index in [1.54, 1.807) is 13.3 Å². The normalized spacial score (nSPS) is 15.5. The largest absolute Gasteiger partial charge is 0.493 e. The molecule has 0 aliphatic carbocycles. The molecule has 1 aliphatic heterocycles. The highest BCUT2D eigenvalue weighted by atomic mass is 16.5. The first kappa shape index (κ1) is 20.4. The van der Waals surface area contributed by atoms with Gasteiger partial charge in [-0.3, -0.25) is 4.79 Å². The van der Waals surface area contributed by atoms with E-state index in [1.165, 1.54) is 6.07 Å². The molecule has 2 heterocycles. The van der Waals surface area contributed by atoms with Gasteiger partial charge in [0.2, 0.25) is 0 Å². The van der Waals surface area contributed by atoms with E-state index in [4.69, 9.17) is 14.6 Å². The standard InChI is InChI=1S/C21H27NO6/c1-12(2)16-7-13-8-20(28-6-4-5-23)19(27-3)9-14(13)17-10-18(24)15(21(25)26)11-22(16)17/h8-12,16,21,23,25-26H,4-7H2,1-3H3. The molecule has 0 saturated heterocycles. The smallest absolute Gasteiger partial charge is 0.190 e. The average molecular weight is 389 g/mol. The minimum absolute atomic E-state index is 0.0335. The zero-order valence-electron chi connectivity index (χ0n) is 16.4. The van der Waals surface area contributed by atoms with Crippen molar-refractivity contribution in [1.29, 1.82) is 0 Å². The van der Waals surface area contributed by atoms with Gasteiger partial charge in [-0.15, -0.1) is 0 Å². The Bertz CT molecular complexity index is 902. The fraction of sp³-hybridized carbons (Fsp3) is 0.476. The first-order chi connectivity index (χ1) is 13.4. The van der Waals surface area contributed by atoms with Crippen LogP contribution in [-0.4, -0.2) is 40.2 Å². The SMILES string of the molecule is COc1cc2c(cc1OCCCO)CC(C(C)C)n1cc(C(O)O)c(=O)cc1-2. The summed E-state index contributed by atoms with van der Waals surface area (Å²) in [4.78, 5) is 12.4. The van der Waals surface area contributed by atoms with E-state index in [1.807, 2.05) is 16.7 Å². The van der Waals surface area contributed by atoms with Crippen LogP contribution in [0.15, 0.2) is 29.2 Å². The number of fused-ring (bicyclic) bond motifs is 3. The maximum atomic E-state index is 12.4. The molecule has 152 valence electrons. The zero-order chi connectivity index (χ0) is 20.4. The van der Waals surface area contributed by atoms with Gasteiger partial charge in [0.25, 0.3) is 0 Å². The van der Waals surface area contributed by atoms with Crippen LogP contribution in [0.1, 0.15) is 43.7 Å². The van der Waals surface area contributed by atoms with Gasteiger partial charge in [0, 0.05) is 36.9 Å². The highest BCUT2D eigenvalue weighted by Gasteiger charge is 2.29.